The van der Waals surface area contributed by atoms with E-state index in [1.165, 1.54) is 24.3 Å². The maximum absolute atomic E-state index is 12.2. The summed E-state index contributed by atoms with van der Waals surface area (Å²) in [6, 6.07) is 12.5. The molecule has 0 aliphatic carbocycles. The Morgan fingerprint density at radius 1 is 0.897 bits per heavy atom. The Balaban J connectivity index is 1.73. The van der Waals surface area contributed by atoms with Crippen LogP contribution in [0.1, 0.15) is 37.0 Å². The summed E-state index contributed by atoms with van der Waals surface area (Å²) in [7, 11) is -1.57. The summed E-state index contributed by atoms with van der Waals surface area (Å²) < 4.78 is 16.0. The summed E-state index contributed by atoms with van der Waals surface area (Å²) in [6.45, 7) is 4.45. The molecule has 2 N–H and O–H groups in total. The third-order valence-electron chi connectivity index (χ3n) is 4.00. The van der Waals surface area contributed by atoms with E-state index in [4.69, 9.17) is 24.3 Å². The minimum Gasteiger partial charge on any atom is -0.494 e. The van der Waals surface area contributed by atoms with Gasteiger partial charge in [-0.3, -0.25) is 4.79 Å². The lowest BCUT2D eigenvalue weighted by atomic mass is 9.80. The smallest absolute Gasteiger partial charge is 0.488 e. The Hall–Kier alpha value is -2.84. The van der Waals surface area contributed by atoms with Crippen LogP contribution in [0.2, 0.25) is 0 Å². The van der Waals surface area contributed by atoms with Gasteiger partial charge in [-0.05, 0) is 54.7 Å². The zero-order chi connectivity index (χ0) is 21.2. The minimum atomic E-state index is -1.57. The lowest BCUT2D eigenvalue weighted by Crippen LogP contribution is -2.29. The number of ether oxygens (including phenoxy) is 3. The van der Waals surface area contributed by atoms with Crippen LogP contribution in [0, 0.1) is 5.92 Å². The molecule has 8 heteroatoms. The largest absolute Gasteiger partial charge is 0.494 e. The van der Waals surface area contributed by atoms with Crippen molar-refractivity contribution in [3.8, 4) is 11.5 Å². The van der Waals surface area contributed by atoms with Gasteiger partial charge < -0.3 is 24.3 Å². The van der Waals surface area contributed by atoms with Gasteiger partial charge in [0.25, 0.3) is 0 Å². The van der Waals surface area contributed by atoms with Crippen LogP contribution < -0.4 is 14.9 Å². The van der Waals surface area contributed by atoms with Gasteiger partial charge in [0.15, 0.2) is 0 Å². The average molecular weight is 400 g/mol. The summed E-state index contributed by atoms with van der Waals surface area (Å²) in [5, 5.41) is 18.1. The van der Waals surface area contributed by atoms with E-state index in [2.05, 4.69) is 0 Å². The van der Waals surface area contributed by atoms with Crippen LogP contribution in [0.3, 0.4) is 0 Å². The zero-order valence-corrected chi connectivity index (χ0v) is 16.5. The number of carbonyl (C=O) groups is 2. The summed E-state index contributed by atoms with van der Waals surface area (Å²) in [5.41, 5.74) is 0.675. The van der Waals surface area contributed by atoms with Crippen molar-refractivity contribution >= 4 is 24.5 Å². The fourth-order valence-corrected chi connectivity index (χ4v) is 2.29. The van der Waals surface area contributed by atoms with Crippen molar-refractivity contribution in [2.24, 2.45) is 5.92 Å². The number of rotatable bonds is 10. The van der Waals surface area contributed by atoms with Crippen LogP contribution >= 0.6 is 0 Å². The molecule has 0 aliphatic heterocycles. The molecule has 2 aromatic rings. The lowest BCUT2D eigenvalue weighted by molar-refractivity contribution is -0.147. The molecule has 29 heavy (non-hydrogen) atoms. The molecular weight excluding hydrogens is 375 g/mol. The van der Waals surface area contributed by atoms with Crippen LogP contribution in [-0.2, 0) is 9.53 Å². The topological polar surface area (TPSA) is 102 Å². The van der Waals surface area contributed by atoms with Crippen molar-refractivity contribution in [2.45, 2.75) is 26.7 Å². The van der Waals surface area contributed by atoms with E-state index in [0.29, 0.717) is 35.7 Å². The SMILES string of the molecule is CC(C)C(=O)OCCCCOc1ccc(C(=O)Oc2ccc(B(O)O)cc2)cc1. The molecular formula is C21H25BO7. The van der Waals surface area contributed by atoms with Crippen molar-refractivity contribution in [2.75, 3.05) is 13.2 Å². The first-order chi connectivity index (χ1) is 13.9. The summed E-state index contributed by atoms with van der Waals surface area (Å²) in [5.74, 6) is 0.0836. The first kappa shape index (κ1) is 22.5. The van der Waals surface area contributed by atoms with Crippen LogP contribution in [0.4, 0.5) is 0 Å². The van der Waals surface area contributed by atoms with Gasteiger partial charge in [0.2, 0.25) is 0 Å². The van der Waals surface area contributed by atoms with Gasteiger partial charge in [-0.1, -0.05) is 26.0 Å². The Bertz CT molecular complexity index is 786. The van der Waals surface area contributed by atoms with Crippen molar-refractivity contribution in [1.82, 2.24) is 0 Å². The summed E-state index contributed by atoms with van der Waals surface area (Å²) in [4.78, 5) is 23.5. The molecule has 154 valence electrons. The van der Waals surface area contributed by atoms with Gasteiger partial charge in [0.05, 0.1) is 24.7 Å². The maximum atomic E-state index is 12.2. The number of hydrogen-bond donors (Lipinski definition) is 2. The van der Waals surface area contributed by atoms with Gasteiger partial charge in [0, 0.05) is 0 Å². The number of esters is 2. The predicted molar refractivity (Wildman–Crippen MR) is 108 cm³/mol. The fraction of sp³-hybridized carbons (Fsp3) is 0.333. The highest BCUT2D eigenvalue weighted by Crippen LogP contribution is 2.16. The van der Waals surface area contributed by atoms with Gasteiger partial charge in [-0.2, -0.15) is 0 Å². The zero-order valence-electron chi connectivity index (χ0n) is 16.5. The fourth-order valence-electron chi connectivity index (χ4n) is 2.29. The molecule has 2 rings (SSSR count). The Kier molecular flexibility index (Phi) is 8.70. The van der Waals surface area contributed by atoms with Gasteiger partial charge in [-0.15, -0.1) is 0 Å². The summed E-state index contributed by atoms with van der Waals surface area (Å²) in [6.07, 6.45) is 1.46. The predicted octanol–water partition coefficient (Wildman–Crippen LogP) is 1.94. The maximum Gasteiger partial charge on any atom is 0.488 e. The molecule has 0 unspecified atom stereocenters. The van der Waals surface area contributed by atoms with Crippen LogP contribution in [0.25, 0.3) is 0 Å². The van der Waals surface area contributed by atoms with Crippen LogP contribution in [0.15, 0.2) is 48.5 Å². The van der Waals surface area contributed by atoms with E-state index in [9.17, 15) is 9.59 Å². The molecule has 0 saturated carbocycles. The second-order valence-electron chi connectivity index (χ2n) is 6.73. The highest BCUT2D eigenvalue weighted by molar-refractivity contribution is 6.58. The Morgan fingerprint density at radius 3 is 2.07 bits per heavy atom. The third-order valence-corrected chi connectivity index (χ3v) is 4.00. The number of hydrogen-bond acceptors (Lipinski definition) is 7. The van der Waals surface area contributed by atoms with Crippen molar-refractivity contribution in [3.63, 3.8) is 0 Å². The normalized spacial score (nSPS) is 10.5. The van der Waals surface area contributed by atoms with Crippen molar-refractivity contribution in [1.29, 1.82) is 0 Å². The van der Waals surface area contributed by atoms with Crippen LogP contribution in [-0.4, -0.2) is 42.3 Å². The quantitative estimate of drug-likeness (QED) is 0.272. The summed E-state index contributed by atoms with van der Waals surface area (Å²) >= 11 is 0. The Labute approximate surface area is 170 Å². The molecule has 0 aromatic heterocycles. The minimum absolute atomic E-state index is 0.121. The average Bonchev–Trinajstić information content (AvgIpc) is 2.71. The van der Waals surface area contributed by atoms with E-state index in [0.717, 1.165) is 12.8 Å². The number of benzene rings is 2. The van der Waals surface area contributed by atoms with Gasteiger partial charge in [0.1, 0.15) is 11.5 Å². The molecule has 0 spiro atoms. The lowest BCUT2D eigenvalue weighted by Gasteiger charge is -2.09. The van der Waals surface area contributed by atoms with E-state index < -0.39 is 13.1 Å². The highest BCUT2D eigenvalue weighted by atomic mass is 16.5. The number of unbranched alkanes of at least 4 members (excludes halogenated alkanes) is 1. The highest BCUT2D eigenvalue weighted by Gasteiger charge is 2.12. The molecule has 0 saturated heterocycles. The van der Waals surface area contributed by atoms with E-state index in [1.807, 2.05) is 0 Å². The van der Waals surface area contributed by atoms with Gasteiger partial charge >= 0.3 is 19.1 Å². The molecule has 0 amide bonds. The molecule has 0 bridgehead atoms. The molecule has 0 aliphatic rings. The monoisotopic (exact) mass is 400 g/mol. The molecule has 2 aromatic carbocycles. The standard InChI is InChI=1S/C21H25BO7/c1-15(2)20(23)28-14-4-3-13-27-18-9-5-16(6-10-18)21(24)29-19-11-7-17(8-12-19)22(25)26/h5-12,15,25-26H,3-4,13-14H2,1-2H3. The van der Waals surface area contributed by atoms with E-state index in [1.54, 1.807) is 38.1 Å². The van der Waals surface area contributed by atoms with Crippen molar-refractivity contribution in [3.05, 3.63) is 54.1 Å². The molecule has 7 nitrogen and oxygen atoms in total. The molecule has 0 radical (unpaired) electrons. The second-order valence-corrected chi connectivity index (χ2v) is 6.73. The first-order valence-electron chi connectivity index (χ1n) is 9.44. The van der Waals surface area contributed by atoms with E-state index in [-0.39, 0.29) is 11.9 Å². The van der Waals surface area contributed by atoms with Crippen LogP contribution in [0.5, 0.6) is 11.5 Å². The third kappa shape index (κ3) is 7.60. The van der Waals surface area contributed by atoms with Crippen molar-refractivity contribution < 1.29 is 33.8 Å². The molecule has 0 fully saturated rings. The van der Waals surface area contributed by atoms with Gasteiger partial charge in [-0.25, -0.2) is 4.79 Å². The Morgan fingerprint density at radius 2 is 1.48 bits per heavy atom. The molecule has 0 heterocycles. The first-order valence-corrected chi connectivity index (χ1v) is 9.44. The second kappa shape index (κ2) is 11.2. The number of carbonyl (C=O) groups excluding carboxylic acids is 2. The molecule has 0 atom stereocenters. The van der Waals surface area contributed by atoms with E-state index >= 15 is 0 Å².